The van der Waals surface area contributed by atoms with Crippen molar-refractivity contribution in [1.29, 1.82) is 0 Å². The van der Waals surface area contributed by atoms with Crippen LogP contribution in [0.5, 0.6) is 0 Å². The van der Waals surface area contributed by atoms with E-state index in [0.29, 0.717) is 11.0 Å². The molecule has 0 atom stereocenters. The number of rotatable bonds is 5. The van der Waals surface area contributed by atoms with Gasteiger partial charge >= 0.3 is 5.69 Å². The normalized spacial score (nSPS) is 11.2. The highest BCUT2D eigenvalue weighted by molar-refractivity contribution is 9.10. The number of fused-ring (bicyclic) bond motifs is 1. The number of aromatic nitrogens is 3. The fourth-order valence-electron chi connectivity index (χ4n) is 2.89. The van der Waals surface area contributed by atoms with Crippen molar-refractivity contribution in [2.75, 3.05) is 0 Å². The van der Waals surface area contributed by atoms with Gasteiger partial charge in [-0.25, -0.2) is 9.78 Å². The Bertz CT molecular complexity index is 1070. The number of hydrogen-bond donors (Lipinski definition) is 0. The third kappa shape index (κ3) is 3.50. The van der Waals surface area contributed by atoms with Crippen LogP contribution in [0.4, 0.5) is 0 Å². The second-order valence-corrected chi connectivity index (χ2v) is 8.08. The van der Waals surface area contributed by atoms with E-state index in [1.807, 2.05) is 12.1 Å². The van der Waals surface area contributed by atoms with Gasteiger partial charge in [-0.05, 0) is 29.7 Å². The summed E-state index contributed by atoms with van der Waals surface area (Å²) < 4.78 is 3.63. The van der Waals surface area contributed by atoms with Crippen molar-refractivity contribution in [2.45, 2.75) is 30.4 Å². The lowest BCUT2D eigenvalue weighted by atomic mass is 10.1. The van der Waals surface area contributed by atoms with E-state index in [-0.39, 0.29) is 11.2 Å². The SMILES string of the molecule is CCCc1cnc2c(c1SCc1ccc(Br)cc1)c(=O)n(C)c(=O)n2C. The van der Waals surface area contributed by atoms with E-state index in [4.69, 9.17) is 0 Å². The minimum Gasteiger partial charge on any atom is -0.280 e. The fraction of sp³-hybridized carbons (Fsp3) is 0.316. The molecule has 0 saturated carbocycles. The summed E-state index contributed by atoms with van der Waals surface area (Å²) >= 11 is 5.08. The van der Waals surface area contributed by atoms with Gasteiger partial charge < -0.3 is 0 Å². The number of hydrogen-bond acceptors (Lipinski definition) is 4. The van der Waals surface area contributed by atoms with Crippen LogP contribution >= 0.6 is 27.7 Å². The van der Waals surface area contributed by atoms with Gasteiger partial charge in [-0.15, -0.1) is 11.8 Å². The Kier molecular flexibility index (Phi) is 5.67. The summed E-state index contributed by atoms with van der Waals surface area (Å²) in [5, 5.41) is 0.530. The Morgan fingerprint density at radius 3 is 2.46 bits per heavy atom. The highest BCUT2D eigenvalue weighted by Gasteiger charge is 2.17. The molecule has 0 fully saturated rings. The number of thioether (sulfide) groups is 1. The zero-order chi connectivity index (χ0) is 18.8. The number of pyridine rings is 1. The van der Waals surface area contributed by atoms with E-state index in [9.17, 15) is 9.59 Å². The minimum atomic E-state index is -0.359. The Hall–Kier alpha value is -1.86. The van der Waals surface area contributed by atoms with Gasteiger partial charge in [0.2, 0.25) is 0 Å². The Morgan fingerprint density at radius 1 is 1.12 bits per heavy atom. The molecule has 1 aromatic carbocycles. The molecule has 0 aliphatic heterocycles. The lowest BCUT2D eigenvalue weighted by Crippen LogP contribution is -2.37. The Labute approximate surface area is 164 Å². The van der Waals surface area contributed by atoms with Gasteiger partial charge in [-0.2, -0.15) is 0 Å². The van der Waals surface area contributed by atoms with E-state index in [1.165, 1.54) is 17.2 Å². The Morgan fingerprint density at radius 2 is 1.81 bits per heavy atom. The molecule has 0 radical (unpaired) electrons. The highest BCUT2D eigenvalue weighted by atomic mass is 79.9. The Balaban J connectivity index is 2.16. The third-order valence-corrected chi connectivity index (χ3v) is 6.07. The van der Waals surface area contributed by atoms with Crippen LogP contribution in [-0.2, 0) is 26.3 Å². The molecule has 0 N–H and O–H groups in total. The molecular formula is C19H20BrN3O2S. The van der Waals surface area contributed by atoms with Crippen LogP contribution < -0.4 is 11.2 Å². The molecule has 136 valence electrons. The van der Waals surface area contributed by atoms with Crippen LogP contribution in [0.1, 0.15) is 24.5 Å². The van der Waals surface area contributed by atoms with Gasteiger partial charge in [-0.1, -0.05) is 41.4 Å². The standard InChI is InChI=1S/C19H20BrN3O2S/c1-4-5-13-10-21-17-15(18(24)23(3)19(25)22(17)2)16(13)26-11-12-6-8-14(20)9-7-12/h6-10H,4-5,11H2,1-3H3. The highest BCUT2D eigenvalue weighted by Crippen LogP contribution is 2.31. The maximum absolute atomic E-state index is 12.8. The summed E-state index contributed by atoms with van der Waals surface area (Å²) in [6.07, 6.45) is 3.61. The molecule has 26 heavy (non-hydrogen) atoms. The van der Waals surface area contributed by atoms with Crippen LogP contribution in [-0.4, -0.2) is 14.1 Å². The second-order valence-electron chi connectivity index (χ2n) is 6.18. The van der Waals surface area contributed by atoms with Crippen molar-refractivity contribution in [2.24, 2.45) is 14.1 Å². The summed E-state index contributed by atoms with van der Waals surface area (Å²) in [5.41, 5.74) is 2.02. The molecule has 0 spiro atoms. The zero-order valence-corrected chi connectivity index (χ0v) is 17.4. The largest absolute Gasteiger partial charge is 0.332 e. The van der Waals surface area contributed by atoms with Crippen LogP contribution in [0.3, 0.4) is 0 Å². The molecule has 3 rings (SSSR count). The zero-order valence-electron chi connectivity index (χ0n) is 15.0. The second kappa shape index (κ2) is 7.80. The first-order valence-electron chi connectivity index (χ1n) is 8.38. The molecular weight excluding hydrogens is 414 g/mol. The van der Waals surface area contributed by atoms with Crippen molar-refractivity contribution in [3.05, 3.63) is 66.9 Å². The summed E-state index contributed by atoms with van der Waals surface area (Å²) in [6.45, 7) is 2.10. The summed E-state index contributed by atoms with van der Waals surface area (Å²) in [6, 6.07) is 8.15. The van der Waals surface area contributed by atoms with Gasteiger partial charge in [0.25, 0.3) is 5.56 Å². The lowest BCUT2D eigenvalue weighted by Gasteiger charge is -2.14. The summed E-state index contributed by atoms with van der Waals surface area (Å²) in [4.78, 5) is 30.4. The molecule has 0 amide bonds. The van der Waals surface area contributed by atoms with Crippen LogP contribution in [0.25, 0.3) is 11.0 Å². The number of nitrogens with zero attached hydrogens (tertiary/aromatic N) is 3. The van der Waals surface area contributed by atoms with E-state index >= 15 is 0 Å². The number of benzene rings is 1. The van der Waals surface area contributed by atoms with Gasteiger partial charge in [-0.3, -0.25) is 13.9 Å². The molecule has 0 unspecified atom stereocenters. The van der Waals surface area contributed by atoms with E-state index in [0.717, 1.165) is 38.1 Å². The van der Waals surface area contributed by atoms with E-state index < -0.39 is 0 Å². The van der Waals surface area contributed by atoms with Crippen molar-refractivity contribution in [3.8, 4) is 0 Å². The van der Waals surface area contributed by atoms with Crippen LogP contribution in [0.2, 0.25) is 0 Å². The van der Waals surface area contributed by atoms with E-state index in [2.05, 4.69) is 40.0 Å². The average molecular weight is 434 g/mol. The van der Waals surface area contributed by atoms with Gasteiger partial charge in [0.1, 0.15) is 5.65 Å². The molecule has 0 saturated heterocycles. The molecule has 5 nitrogen and oxygen atoms in total. The maximum Gasteiger partial charge on any atom is 0.332 e. The smallest absolute Gasteiger partial charge is 0.280 e. The predicted molar refractivity (Wildman–Crippen MR) is 110 cm³/mol. The van der Waals surface area contributed by atoms with Gasteiger partial charge in [0.05, 0.1) is 5.39 Å². The van der Waals surface area contributed by atoms with E-state index in [1.54, 1.807) is 25.0 Å². The quantitative estimate of drug-likeness (QED) is 0.576. The third-order valence-electron chi connectivity index (χ3n) is 4.31. The van der Waals surface area contributed by atoms with Crippen LogP contribution in [0, 0.1) is 0 Å². The fourth-order valence-corrected chi connectivity index (χ4v) is 4.32. The molecule has 7 heteroatoms. The van der Waals surface area contributed by atoms with Crippen molar-refractivity contribution in [3.63, 3.8) is 0 Å². The molecule has 3 aromatic rings. The molecule has 2 heterocycles. The first-order valence-corrected chi connectivity index (χ1v) is 10.2. The predicted octanol–water partition coefficient (Wildman–Crippen LogP) is 3.64. The number of halogens is 1. The van der Waals surface area contributed by atoms with Crippen LogP contribution in [0.15, 0.2) is 49.4 Å². The average Bonchev–Trinajstić information content (AvgIpc) is 2.64. The number of aryl methyl sites for hydroxylation is 2. The first kappa shape index (κ1) is 18.9. The van der Waals surface area contributed by atoms with Gasteiger partial charge in [0, 0.05) is 35.4 Å². The minimum absolute atomic E-state index is 0.285. The summed E-state index contributed by atoms with van der Waals surface area (Å²) in [7, 11) is 3.17. The van der Waals surface area contributed by atoms with Crippen molar-refractivity contribution >= 4 is 38.7 Å². The van der Waals surface area contributed by atoms with Crippen molar-refractivity contribution in [1.82, 2.24) is 14.1 Å². The monoisotopic (exact) mass is 433 g/mol. The maximum atomic E-state index is 12.8. The summed E-state index contributed by atoms with van der Waals surface area (Å²) in [5.74, 6) is 0.745. The first-order chi connectivity index (χ1) is 12.4. The molecule has 0 aliphatic carbocycles. The molecule has 0 bridgehead atoms. The van der Waals surface area contributed by atoms with Crippen molar-refractivity contribution < 1.29 is 0 Å². The topological polar surface area (TPSA) is 56.9 Å². The lowest BCUT2D eigenvalue weighted by molar-refractivity contribution is 0.704. The molecule has 0 aliphatic rings. The van der Waals surface area contributed by atoms with Gasteiger partial charge in [0.15, 0.2) is 0 Å². The molecule has 2 aromatic heterocycles.